The van der Waals surface area contributed by atoms with Gasteiger partial charge in [0.15, 0.2) is 5.96 Å². The van der Waals surface area contributed by atoms with E-state index in [1.54, 1.807) is 0 Å². The third-order valence-corrected chi connectivity index (χ3v) is 5.66. The van der Waals surface area contributed by atoms with Crippen LogP contribution in [-0.4, -0.2) is 100 Å². The lowest BCUT2D eigenvalue weighted by molar-refractivity contribution is 0.152. The van der Waals surface area contributed by atoms with Crippen LogP contribution in [0.5, 0.6) is 0 Å². The Balaban J connectivity index is 0.00000364. The van der Waals surface area contributed by atoms with Gasteiger partial charge in [0.05, 0.1) is 0 Å². The minimum Gasteiger partial charge on any atom is -0.356 e. The van der Waals surface area contributed by atoms with Crippen molar-refractivity contribution in [1.29, 1.82) is 0 Å². The predicted molar refractivity (Wildman–Crippen MR) is 127 cm³/mol. The molecule has 0 spiro atoms. The fourth-order valence-corrected chi connectivity index (χ4v) is 3.83. The molecule has 0 aliphatic carbocycles. The van der Waals surface area contributed by atoms with Gasteiger partial charge in [-0.15, -0.1) is 24.0 Å². The van der Waals surface area contributed by atoms with E-state index in [9.17, 15) is 0 Å². The van der Waals surface area contributed by atoms with Crippen LogP contribution < -0.4 is 10.6 Å². The van der Waals surface area contributed by atoms with Gasteiger partial charge in [-0.1, -0.05) is 12.8 Å². The molecule has 2 saturated heterocycles. The Morgan fingerprint density at radius 1 is 0.741 bits per heavy atom. The molecule has 0 radical (unpaired) electrons. The summed E-state index contributed by atoms with van der Waals surface area (Å²) in [5.41, 5.74) is 0. The van der Waals surface area contributed by atoms with Gasteiger partial charge in [0, 0.05) is 46.3 Å². The molecule has 0 aromatic carbocycles. The van der Waals surface area contributed by atoms with Crippen LogP contribution in [0.3, 0.4) is 0 Å². The summed E-state index contributed by atoms with van der Waals surface area (Å²) in [7, 11) is 4.09. The Morgan fingerprint density at radius 2 is 1.30 bits per heavy atom. The van der Waals surface area contributed by atoms with Gasteiger partial charge in [0.2, 0.25) is 0 Å². The Labute approximate surface area is 184 Å². The van der Waals surface area contributed by atoms with Gasteiger partial charge < -0.3 is 25.3 Å². The summed E-state index contributed by atoms with van der Waals surface area (Å²) in [5.74, 6) is 0.959. The van der Waals surface area contributed by atoms with E-state index in [2.05, 4.69) is 37.4 Å². The summed E-state index contributed by atoms with van der Waals surface area (Å²) in [6.45, 7) is 11.9. The molecular formula is C20H43IN6. The Morgan fingerprint density at radius 3 is 1.93 bits per heavy atom. The van der Waals surface area contributed by atoms with Gasteiger partial charge >= 0.3 is 0 Å². The summed E-state index contributed by atoms with van der Waals surface area (Å²) in [6, 6.07) is 0. The van der Waals surface area contributed by atoms with Crippen molar-refractivity contribution in [1.82, 2.24) is 25.3 Å². The van der Waals surface area contributed by atoms with E-state index in [-0.39, 0.29) is 24.0 Å². The third-order valence-electron chi connectivity index (χ3n) is 5.66. The highest BCUT2D eigenvalue weighted by molar-refractivity contribution is 14.0. The maximum Gasteiger partial charge on any atom is 0.190 e. The lowest BCUT2D eigenvalue weighted by atomic mass is 10.2. The van der Waals surface area contributed by atoms with Crippen LogP contribution in [0, 0.1) is 0 Å². The van der Waals surface area contributed by atoms with Gasteiger partial charge in [-0.3, -0.25) is 4.99 Å². The average molecular weight is 495 g/mol. The highest BCUT2D eigenvalue weighted by Crippen LogP contribution is 2.09. The Bertz CT molecular complexity index is 377. The van der Waals surface area contributed by atoms with Crippen molar-refractivity contribution in [3.05, 3.63) is 0 Å². The van der Waals surface area contributed by atoms with Crippen molar-refractivity contribution < 1.29 is 0 Å². The van der Waals surface area contributed by atoms with Crippen molar-refractivity contribution in [2.75, 3.05) is 79.5 Å². The van der Waals surface area contributed by atoms with E-state index in [4.69, 9.17) is 0 Å². The van der Waals surface area contributed by atoms with Crippen molar-refractivity contribution in [3.63, 3.8) is 0 Å². The molecule has 0 amide bonds. The minimum atomic E-state index is 0. The number of aliphatic imine (C=N–C) groups is 1. The summed E-state index contributed by atoms with van der Waals surface area (Å²) >= 11 is 0. The summed E-state index contributed by atoms with van der Waals surface area (Å²) in [5, 5.41) is 6.93. The second-order valence-corrected chi connectivity index (χ2v) is 7.89. The topological polar surface area (TPSA) is 46.1 Å². The van der Waals surface area contributed by atoms with Crippen LogP contribution in [0.15, 0.2) is 4.99 Å². The van der Waals surface area contributed by atoms with Crippen LogP contribution in [0.25, 0.3) is 0 Å². The average Bonchev–Trinajstić information content (AvgIpc) is 2.93. The first-order valence-corrected chi connectivity index (χ1v) is 10.9. The molecule has 2 heterocycles. The first-order valence-electron chi connectivity index (χ1n) is 10.9. The maximum absolute atomic E-state index is 4.35. The molecule has 7 heteroatoms. The number of likely N-dealkylation sites (N-methyl/N-ethyl adjacent to an activating group) is 1. The molecule has 27 heavy (non-hydrogen) atoms. The van der Waals surface area contributed by atoms with E-state index in [1.807, 2.05) is 7.05 Å². The van der Waals surface area contributed by atoms with Crippen LogP contribution in [0.4, 0.5) is 0 Å². The minimum absolute atomic E-state index is 0. The molecule has 6 nitrogen and oxygen atoms in total. The number of hydrogen-bond donors (Lipinski definition) is 2. The van der Waals surface area contributed by atoms with Gasteiger partial charge in [0.25, 0.3) is 0 Å². The number of guanidine groups is 1. The molecule has 0 unspecified atom stereocenters. The highest BCUT2D eigenvalue weighted by Gasteiger charge is 2.12. The number of halogens is 1. The Kier molecular flexibility index (Phi) is 14.5. The zero-order valence-electron chi connectivity index (χ0n) is 17.7. The fourth-order valence-electron chi connectivity index (χ4n) is 3.83. The maximum atomic E-state index is 4.35. The zero-order chi connectivity index (χ0) is 18.5. The zero-order valence-corrected chi connectivity index (χ0v) is 20.0. The molecular weight excluding hydrogens is 451 g/mol. The van der Waals surface area contributed by atoms with Crippen molar-refractivity contribution in [2.24, 2.45) is 4.99 Å². The van der Waals surface area contributed by atoms with Gasteiger partial charge in [-0.05, 0) is 65.3 Å². The first kappa shape index (κ1) is 24.9. The summed E-state index contributed by atoms with van der Waals surface area (Å²) in [6.07, 6.45) is 9.27. The van der Waals surface area contributed by atoms with E-state index < -0.39 is 0 Å². The largest absolute Gasteiger partial charge is 0.356 e. The van der Waals surface area contributed by atoms with E-state index in [1.165, 1.54) is 97.3 Å². The molecule has 2 rings (SSSR count). The summed E-state index contributed by atoms with van der Waals surface area (Å²) in [4.78, 5) is 12.0. The van der Waals surface area contributed by atoms with E-state index >= 15 is 0 Å². The third kappa shape index (κ3) is 11.5. The second-order valence-electron chi connectivity index (χ2n) is 7.89. The molecule has 2 aliphatic rings. The number of likely N-dealkylation sites (tertiary alicyclic amines) is 1. The van der Waals surface area contributed by atoms with Crippen molar-refractivity contribution in [2.45, 2.75) is 44.9 Å². The summed E-state index contributed by atoms with van der Waals surface area (Å²) < 4.78 is 0. The van der Waals surface area contributed by atoms with Gasteiger partial charge in [-0.2, -0.15) is 0 Å². The SMILES string of the molecule is CN=C(NCCCCN1CCN(C)CC1)NCCCN1CCCCCC1.I. The monoisotopic (exact) mass is 494 g/mol. The fraction of sp³-hybridized carbons (Fsp3) is 0.950. The molecule has 2 aliphatic heterocycles. The molecule has 160 valence electrons. The first-order chi connectivity index (χ1) is 12.8. The molecule has 2 fully saturated rings. The van der Waals surface area contributed by atoms with Gasteiger partial charge in [-0.25, -0.2) is 0 Å². The molecule has 0 aromatic heterocycles. The van der Waals surface area contributed by atoms with Crippen molar-refractivity contribution in [3.8, 4) is 0 Å². The van der Waals surface area contributed by atoms with E-state index in [0.717, 1.165) is 19.0 Å². The Hall–Kier alpha value is -0.120. The molecule has 0 aromatic rings. The van der Waals surface area contributed by atoms with Crippen LogP contribution in [0.2, 0.25) is 0 Å². The predicted octanol–water partition coefficient (Wildman–Crippen LogP) is 2.06. The number of rotatable bonds is 9. The molecule has 0 atom stereocenters. The normalized spacial score (nSPS) is 20.7. The number of unbranched alkanes of at least 4 members (excludes halogenated alkanes) is 1. The smallest absolute Gasteiger partial charge is 0.190 e. The number of piperazine rings is 1. The molecule has 2 N–H and O–H groups in total. The standard InChI is InChI=1S/C20H42N6.HI/c1-21-20(23-11-9-15-25-12-6-3-4-7-13-25)22-10-5-8-14-26-18-16-24(2)17-19-26;/h3-19H2,1-2H3,(H2,21,22,23);1H. The number of nitrogens with zero attached hydrogens (tertiary/aromatic N) is 4. The van der Waals surface area contributed by atoms with Crippen LogP contribution in [-0.2, 0) is 0 Å². The van der Waals surface area contributed by atoms with Crippen molar-refractivity contribution >= 4 is 29.9 Å². The quantitative estimate of drug-likeness (QED) is 0.223. The number of hydrogen-bond acceptors (Lipinski definition) is 4. The second kappa shape index (κ2) is 15.8. The van der Waals surface area contributed by atoms with Gasteiger partial charge in [0.1, 0.15) is 0 Å². The molecule has 0 bridgehead atoms. The van der Waals surface area contributed by atoms with Crippen LogP contribution in [0.1, 0.15) is 44.9 Å². The van der Waals surface area contributed by atoms with Crippen LogP contribution >= 0.6 is 24.0 Å². The lowest BCUT2D eigenvalue weighted by Crippen LogP contribution is -2.44. The molecule has 0 saturated carbocycles. The van der Waals surface area contributed by atoms with E-state index in [0.29, 0.717) is 0 Å². The highest BCUT2D eigenvalue weighted by atomic mass is 127. The number of nitrogens with one attached hydrogen (secondary N) is 2. The lowest BCUT2D eigenvalue weighted by Gasteiger charge is -2.32.